The molecule has 1 N–H and O–H groups in total. The summed E-state index contributed by atoms with van der Waals surface area (Å²) in [6.45, 7) is 0.475. The number of anilines is 2. The van der Waals surface area contributed by atoms with E-state index in [-0.39, 0.29) is 43.1 Å². The molecule has 188 valence electrons. The Morgan fingerprint density at radius 1 is 1.14 bits per heavy atom. The van der Waals surface area contributed by atoms with Crippen LogP contribution >= 0.6 is 0 Å². The van der Waals surface area contributed by atoms with E-state index in [9.17, 15) is 32.9 Å². The second kappa shape index (κ2) is 10.6. The normalized spacial score (nSPS) is 14.4. The average molecular weight is 494 g/mol. The van der Waals surface area contributed by atoms with Gasteiger partial charge in [0.25, 0.3) is 11.6 Å². The molecule has 12 heteroatoms. The summed E-state index contributed by atoms with van der Waals surface area (Å²) in [5.74, 6) is -0.281. The summed E-state index contributed by atoms with van der Waals surface area (Å²) in [7, 11) is 3.25. The Labute approximate surface area is 199 Å². The van der Waals surface area contributed by atoms with E-state index in [0.29, 0.717) is 30.3 Å². The van der Waals surface area contributed by atoms with Crippen LogP contribution in [0, 0.1) is 16.0 Å². The van der Waals surface area contributed by atoms with Gasteiger partial charge in [0.15, 0.2) is 6.61 Å². The number of amides is 2. The zero-order chi connectivity index (χ0) is 25.8. The maximum absolute atomic E-state index is 12.9. The zero-order valence-electron chi connectivity index (χ0n) is 19.2. The van der Waals surface area contributed by atoms with Crippen molar-refractivity contribution < 1.29 is 32.4 Å². The predicted octanol–water partition coefficient (Wildman–Crippen LogP) is 3.94. The van der Waals surface area contributed by atoms with E-state index in [0.717, 1.165) is 12.1 Å². The van der Waals surface area contributed by atoms with E-state index >= 15 is 0 Å². The number of carbonyl (C=O) groups is 2. The number of nitrogens with zero attached hydrogens (tertiary/aromatic N) is 3. The molecule has 1 aliphatic rings. The lowest BCUT2D eigenvalue weighted by atomic mass is 9.95. The number of hydrogen-bond donors (Lipinski definition) is 1. The second-order valence-corrected chi connectivity index (χ2v) is 8.31. The summed E-state index contributed by atoms with van der Waals surface area (Å²) >= 11 is 0. The smallest absolute Gasteiger partial charge is 0.416 e. The lowest BCUT2D eigenvalue weighted by Gasteiger charge is -2.32. The van der Waals surface area contributed by atoms with Gasteiger partial charge in [0.2, 0.25) is 5.91 Å². The SMILES string of the molecule is CN(C)C(=O)COc1ccc(NC(=O)C2CCN(c3ccc(C(F)(F)F)cc3[N+](=O)[O-])CC2)cc1. The molecule has 1 aliphatic heterocycles. The Kier molecular flexibility index (Phi) is 7.82. The van der Waals surface area contributed by atoms with E-state index in [2.05, 4.69) is 5.32 Å². The molecular formula is C23H25F3N4O5. The van der Waals surface area contributed by atoms with Crippen LogP contribution in [0.5, 0.6) is 5.75 Å². The number of nitrogens with one attached hydrogen (secondary N) is 1. The van der Waals surface area contributed by atoms with Gasteiger partial charge in [-0.05, 0) is 49.2 Å². The molecule has 0 unspecified atom stereocenters. The highest BCUT2D eigenvalue weighted by atomic mass is 19.4. The number of nitro benzene ring substituents is 1. The number of likely N-dealkylation sites (N-methyl/N-ethyl adjacent to an activating group) is 1. The highest BCUT2D eigenvalue weighted by Crippen LogP contribution is 2.37. The van der Waals surface area contributed by atoms with Gasteiger partial charge in [0, 0.05) is 44.9 Å². The van der Waals surface area contributed by atoms with Gasteiger partial charge in [0.05, 0.1) is 10.5 Å². The first kappa shape index (κ1) is 25.8. The fraction of sp³-hybridized carbons (Fsp3) is 0.391. The van der Waals surface area contributed by atoms with Crippen LogP contribution in [0.2, 0.25) is 0 Å². The van der Waals surface area contributed by atoms with Gasteiger partial charge in [-0.2, -0.15) is 13.2 Å². The van der Waals surface area contributed by atoms with Crippen molar-refractivity contribution in [3.05, 3.63) is 58.1 Å². The Balaban J connectivity index is 1.57. The number of alkyl halides is 3. The van der Waals surface area contributed by atoms with Crippen LogP contribution in [0.15, 0.2) is 42.5 Å². The lowest BCUT2D eigenvalue weighted by molar-refractivity contribution is -0.384. The first-order valence-electron chi connectivity index (χ1n) is 10.8. The van der Waals surface area contributed by atoms with Crippen LogP contribution < -0.4 is 15.0 Å². The molecule has 0 spiro atoms. The second-order valence-electron chi connectivity index (χ2n) is 8.31. The van der Waals surface area contributed by atoms with Crippen LogP contribution in [-0.4, -0.2) is 55.4 Å². The molecule has 2 amide bonds. The van der Waals surface area contributed by atoms with Crippen molar-refractivity contribution in [1.29, 1.82) is 0 Å². The molecule has 1 saturated heterocycles. The van der Waals surface area contributed by atoms with Crippen molar-refractivity contribution in [2.24, 2.45) is 5.92 Å². The molecule has 35 heavy (non-hydrogen) atoms. The topological polar surface area (TPSA) is 105 Å². The highest BCUT2D eigenvalue weighted by Gasteiger charge is 2.35. The third-order valence-electron chi connectivity index (χ3n) is 5.69. The molecule has 1 fully saturated rings. The van der Waals surface area contributed by atoms with Gasteiger partial charge in [-0.1, -0.05) is 0 Å². The largest absolute Gasteiger partial charge is 0.484 e. The van der Waals surface area contributed by atoms with E-state index in [1.54, 1.807) is 43.3 Å². The Morgan fingerprint density at radius 2 is 1.77 bits per heavy atom. The Bertz CT molecular complexity index is 1080. The Morgan fingerprint density at radius 3 is 2.31 bits per heavy atom. The van der Waals surface area contributed by atoms with Crippen molar-refractivity contribution in [2.45, 2.75) is 19.0 Å². The molecule has 0 bridgehead atoms. The van der Waals surface area contributed by atoms with Crippen LogP contribution in [0.4, 0.5) is 30.2 Å². The fourth-order valence-electron chi connectivity index (χ4n) is 3.65. The molecule has 2 aromatic rings. The van der Waals surface area contributed by atoms with Crippen LogP contribution in [-0.2, 0) is 15.8 Å². The lowest BCUT2D eigenvalue weighted by Crippen LogP contribution is -2.38. The molecule has 0 aromatic heterocycles. The number of rotatable bonds is 7. The van der Waals surface area contributed by atoms with Crippen molar-refractivity contribution in [2.75, 3.05) is 44.0 Å². The monoisotopic (exact) mass is 494 g/mol. The average Bonchev–Trinajstić information content (AvgIpc) is 2.82. The molecule has 3 rings (SSSR count). The number of piperidine rings is 1. The number of carbonyl (C=O) groups excluding carboxylic acids is 2. The standard InChI is InChI=1S/C23H25F3N4O5/c1-28(2)21(31)14-35-18-6-4-17(5-7-18)27-22(32)15-9-11-29(12-10-15)19-8-3-16(23(24,25)26)13-20(19)30(33)34/h3-8,13,15H,9-12,14H2,1-2H3,(H,27,32). The molecule has 2 aromatic carbocycles. The van der Waals surface area contributed by atoms with Gasteiger partial charge in [-0.3, -0.25) is 19.7 Å². The molecule has 0 saturated carbocycles. The quantitative estimate of drug-likeness (QED) is 0.462. The van der Waals surface area contributed by atoms with Crippen LogP contribution in [0.1, 0.15) is 18.4 Å². The predicted molar refractivity (Wildman–Crippen MR) is 122 cm³/mol. The minimum absolute atomic E-state index is 0.102. The number of benzene rings is 2. The van der Waals surface area contributed by atoms with Crippen LogP contribution in [0.25, 0.3) is 0 Å². The summed E-state index contributed by atoms with van der Waals surface area (Å²) in [4.78, 5) is 37.8. The molecule has 9 nitrogen and oxygen atoms in total. The van der Waals surface area contributed by atoms with Crippen molar-refractivity contribution in [3.63, 3.8) is 0 Å². The zero-order valence-corrected chi connectivity index (χ0v) is 19.2. The third kappa shape index (κ3) is 6.61. The first-order chi connectivity index (χ1) is 16.5. The van der Waals surface area contributed by atoms with Gasteiger partial charge >= 0.3 is 6.18 Å². The molecular weight excluding hydrogens is 469 g/mol. The molecule has 0 radical (unpaired) electrons. The third-order valence-corrected chi connectivity index (χ3v) is 5.69. The van der Waals surface area contributed by atoms with Crippen molar-refractivity contribution >= 4 is 28.9 Å². The first-order valence-corrected chi connectivity index (χ1v) is 10.8. The molecule has 0 aliphatic carbocycles. The Hall–Kier alpha value is -3.83. The van der Waals surface area contributed by atoms with Crippen molar-refractivity contribution in [3.8, 4) is 5.75 Å². The summed E-state index contributed by atoms with van der Waals surface area (Å²) in [5.41, 5.74) is -1.05. The summed E-state index contributed by atoms with van der Waals surface area (Å²) in [5, 5.41) is 14.2. The minimum atomic E-state index is -4.68. The summed E-state index contributed by atoms with van der Waals surface area (Å²) < 4.78 is 44.2. The molecule has 0 atom stereocenters. The van der Waals surface area contributed by atoms with Gasteiger partial charge in [-0.15, -0.1) is 0 Å². The van der Waals surface area contributed by atoms with E-state index < -0.39 is 22.4 Å². The van der Waals surface area contributed by atoms with E-state index in [1.807, 2.05) is 0 Å². The van der Waals surface area contributed by atoms with Gasteiger partial charge in [0.1, 0.15) is 11.4 Å². The number of nitro groups is 1. The number of hydrogen-bond acceptors (Lipinski definition) is 6. The fourth-order valence-corrected chi connectivity index (χ4v) is 3.65. The summed E-state index contributed by atoms with van der Waals surface area (Å²) in [6.07, 6.45) is -3.90. The maximum Gasteiger partial charge on any atom is 0.416 e. The highest BCUT2D eigenvalue weighted by molar-refractivity contribution is 5.92. The van der Waals surface area contributed by atoms with E-state index in [4.69, 9.17) is 4.74 Å². The molecule has 1 heterocycles. The number of halogens is 3. The van der Waals surface area contributed by atoms with Crippen LogP contribution in [0.3, 0.4) is 0 Å². The minimum Gasteiger partial charge on any atom is -0.484 e. The summed E-state index contributed by atoms with van der Waals surface area (Å²) in [6, 6.07) is 9.03. The van der Waals surface area contributed by atoms with Gasteiger partial charge < -0.3 is 19.9 Å². The van der Waals surface area contributed by atoms with Crippen molar-refractivity contribution in [1.82, 2.24) is 4.90 Å². The maximum atomic E-state index is 12.9. The number of ether oxygens (including phenoxy) is 1. The van der Waals surface area contributed by atoms with E-state index in [1.165, 1.54) is 4.90 Å². The van der Waals surface area contributed by atoms with Gasteiger partial charge in [-0.25, -0.2) is 0 Å².